The van der Waals surface area contributed by atoms with Crippen molar-refractivity contribution in [3.63, 3.8) is 0 Å². The number of nitrogens with one attached hydrogen (secondary N) is 1. The number of anilines is 1. The molecule has 2 atom stereocenters. The lowest BCUT2D eigenvalue weighted by molar-refractivity contribution is 0.353. The van der Waals surface area contributed by atoms with Crippen molar-refractivity contribution >= 4 is 16.9 Å². The second-order valence-electron chi connectivity index (χ2n) is 7.35. The highest BCUT2D eigenvalue weighted by molar-refractivity contribution is 5.89. The average molecular weight is 395 g/mol. The van der Waals surface area contributed by atoms with Gasteiger partial charge in [-0.05, 0) is 31.5 Å². The van der Waals surface area contributed by atoms with Gasteiger partial charge in [-0.2, -0.15) is 14.5 Å². The van der Waals surface area contributed by atoms with E-state index in [1.807, 2.05) is 34.2 Å². The minimum Gasteiger partial charge on any atom is -0.356 e. The molecular weight excluding hydrogens is 376 g/mol. The van der Waals surface area contributed by atoms with Crippen molar-refractivity contribution in [2.45, 2.75) is 19.4 Å². The van der Waals surface area contributed by atoms with Crippen molar-refractivity contribution in [1.29, 1.82) is 0 Å². The molecule has 0 aliphatic carbocycles. The summed E-state index contributed by atoms with van der Waals surface area (Å²) < 4.78 is 28.6. The van der Waals surface area contributed by atoms with Crippen LogP contribution in [0.4, 0.5) is 14.6 Å². The van der Waals surface area contributed by atoms with Crippen LogP contribution in [-0.2, 0) is 0 Å². The molecule has 1 aliphatic heterocycles. The zero-order valence-corrected chi connectivity index (χ0v) is 15.8. The van der Waals surface area contributed by atoms with Gasteiger partial charge in [0.1, 0.15) is 17.8 Å². The van der Waals surface area contributed by atoms with Gasteiger partial charge in [0, 0.05) is 42.4 Å². The van der Waals surface area contributed by atoms with E-state index >= 15 is 0 Å². The minimum atomic E-state index is -1.06. The zero-order valence-electron chi connectivity index (χ0n) is 15.8. The Labute approximate surface area is 165 Å². The SMILES string of the molecule is C[C@@H]([C@H]1CCN(c2ccc(F)c(F)n2)C1)n1cc(-c2ncnc3[nH]ccc23)cn1. The number of nitrogens with zero attached hydrogens (tertiary/aromatic N) is 6. The van der Waals surface area contributed by atoms with Gasteiger partial charge < -0.3 is 9.88 Å². The molecule has 5 heterocycles. The maximum Gasteiger partial charge on any atom is 0.250 e. The highest BCUT2D eigenvalue weighted by Crippen LogP contribution is 2.32. The van der Waals surface area contributed by atoms with Gasteiger partial charge in [0.15, 0.2) is 5.82 Å². The number of hydrogen-bond donors (Lipinski definition) is 1. The number of pyridine rings is 1. The lowest BCUT2D eigenvalue weighted by Crippen LogP contribution is -2.24. The topological polar surface area (TPSA) is 75.5 Å². The van der Waals surface area contributed by atoms with Gasteiger partial charge in [0.2, 0.25) is 0 Å². The number of fused-ring (bicyclic) bond motifs is 1. The Hall–Kier alpha value is -3.36. The monoisotopic (exact) mass is 395 g/mol. The summed E-state index contributed by atoms with van der Waals surface area (Å²) in [5.74, 6) is -1.20. The Kier molecular flexibility index (Phi) is 4.22. The van der Waals surface area contributed by atoms with Crippen molar-refractivity contribution < 1.29 is 8.78 Å². The van der Waals surface area contributed by atoms with Crippen LogP contribution >= 0.6 is 0 Å². The van der Waals surface area contributed by atoms with E-state index in [9.17, 15) is 8.78 Å². The fraction of sp³-hybridized carbons (Fsp3) is 0.300. The van der Waals surface area contributed by atoms with Crippen molar-refractivity contribution in [2.24, 2.45) is 5.92 Å². The number of aromatic amines is 1. The van der Waals surface area contributed by atoms with E-state index in [4.69, 9.17) is 0 Å². The molecule has 5 rings (SSSR count). The smallest absolute Gasteiger partial charge is 0.250 e. The summed E-state index contributed by atoms with van der Waals surface area (Å²) in [6.45, 7) is 3.58. The normalized spacial score (nSPS) is 17.9. The molecule has 9 heteroatoms. The summed E-state index contributed by atoms with van der Waals surface area (Å²) >= 11 is 0. The molecular formula is C20H19F2N7. The van der Waals surface area contributed by atoms with E-state index in [0.29, 0.717) is 18.3 Å². The predicted octanol–water partition coefficient (Wildman–Crippen LogP) is 3.58. The molecule has 1 fully saturated rings. The van der Waals surface area contributed by atoms with E-state index in [0.717, 1.165) is 41.3 Å². The van der Waals surface area contributed by atoms with Gasteiger partial charge in [0.25, 0.3) is 5.95 Å². The lowest BCUT2D eigenvalue weighted by atomic mass is 10.0. The summed E-state index contributed by atoms with van der Waals surface area (Å²) in [5.41, 5.74) is 2.57. The molecule has 148 valence electrons. The predicted molar refractivity (Wildman–Crippen MR) is 104 cm³/mol. The molecule has 4 aromatic heterocycles. The van der Waals surface area contributed by atoms with Crippen molar-refractivity contribution in [3.8, 4) is 11.3 Å². The Morgan fingerprint density at radius 3 is 2.97 bits per heavy atom. The van der Waals surface area contributed by atoms with Crippen LogP contribution in [0.2, 0.25) is 0 Å². The Morgan fingerprint density at radius 2 is 2.10 bits per heavy atom. The van der Waals surface area contributed by atoms with Gasteiger partial charge in [-0.25, -0.2) is 14.4 Å². The van der Waals surface area contributed by atoms with Gasteiger partial charge >= 0.3 is 0 Å². The molecule has 0 bridgehead atoms. The molecule has 0 amide bonds. The molecule has 7 nitrogen and oxygen atoms in total. The molecule has 0 spiro atoms. The third kappa shape index (κ3) is 3.12. The standard InChI is InChI=1S/C20H19F2N7/c1-12(13-5-7-28(9-13)17-3-2-16(21)19(22)27-17)29-10-14(8-26-29)18-15-4-6-23-20(15)25-11-24-18/h2-4,6,8,10-13H,5,7,9H2,1H3,(H,23,24,25)/t12-,13-/m0/s1. The molecule has 1 N–H and O–H groups in total. The highest BCUT2D eigenvalue weighted by Gasteiger charge is 2.29. The fourth-order valence-corrected chi connectivity index (χ4v) is 3.97. The van der Waals surface area contributed by atoms with Crippen LogP contribution in [0.5, 0.6) is 0 Å². The van der Waals surface area contributed by atoms with E-state index in [2.05, 4.69) is 32.0 Å². The quantitative estimate of drug-likeness (QED) is 0.535. The van der Waals surface area contributed by atoms with Crippen molar-refractivity contribution in [3.05, 3.63) is 54.9 Å². The van der Waals surface area contributed by atoms with Gasteiger partial charge in [-0.3, -0.25) is 4.68 Å². The average Bonchev–Trinajstić information content (AvgIpc) is 3.48. The molecule has 1 aliphatic rings. The fourth-order valence-electron chi connectivity index (χ4n) is 3.97. The first-order chi connectivity index (χ1) is 14.1. The first-order valence-electron chi connectivity index (χ1n) is 9.50. The van der Waals surface area contributed by atoms with E-state index in [1.54, 1.807) is 6.33 Å². The zero-order chi connectivity index (χ0) is 20.0. The highest BCUT2D eigenvalue weighted by atomic mass is 19.2. The maximum absolute atomic E-state index is 13.5. The van der Waals surface area contributed by atoms with E-state index in [1.165, 1.54) is 6.07 Å². The Bertz CT molecular complexity index is 1170. The number of hydrogen-bond acceptors (Lipinski definition) is 5. The third-order valence-electron chi connectivity index (χ3n) is 5.67. The summed E-state index contributed by atoms with van der Waals surface area (Å²) in [5, 5.41) is 5.51. The largest absolute Gasteiger partial charge is 0.356 e. The van der Waals surface area contributed by atoms with Crippen molar-refractivity contribution in [1.82, 2.24) is 29.7 Å². The lowest BCUT2D eigenvalue weighted by Gasteiger charge is -2.21. The molecule has 29 heavy (non-hydrogen) atoms. The van der Waals surface area contributed by atoms with Crippen LogP contribution in [0.15, 0.2) is 43.1 Å². The van der Waals surface area contributed by atoms with Gasteiger partial charge in [-0.1, -0.05) is 0 Å². The minimum absolute atomic E-state index is 0.141. The second-order valence-corrected chi connectivity index (χ2v) is 7.35. The molecule has 1 saturated heterocycles. The number of halogens is 2. The Balaban J connectivity index is 1.35. The first-order valence-corrected chi connectivity index (χ1v) is 9.50. The summed E-state index contributed by atoms with van der Waals surface area (Å²) in [6.07, 6.45) is 8.12. The summed E-state index contributed by atoms with van der Waals surface area (Å²) in [6, 6.07) is 4.74. The Morgan fingerprint density at radius 1 is 1.21 bits per heavy atom. The molecule has 0 unspecified atom stereocenters. The van der Waals surface area contributed by atoms with Crippen LogP contribution in [0.1, 0.15) is 19.4 Å². The van der Waals surface area contributed by atoms with Crippen LogP contribution in [-0.4, -0.2) is 42.8 Å². The van der Waals surface area contributed by atoms with Crippen LogP contribution in [0.3, 0.4) is 0 Å². The number of H-pyrrole nitrogens is 1. The third-order valence-corrected chi connectivity index (χ3v) is 5.67. The molecule has 0 saturated carbocycles. The van der Waals surface area contributed by atoms with Crippen molar-refractivity contribution in [2.75, 3.05) is 18.0 Å². The first kappa shape index (κ1) is 17.7. The summed E-state index contributed by atoms with van der Waals surface area (Å²) in [4.78, 5) is 17.5. The van der Waals surface area contributed by atoms with Crippen LogP contribution < -0.4 is 4.90 Å². The van der Waals surface area contributed by atoms with E-state index in [-0.39, 0.29) is 6.04 Å². The van der Waals surface area contributed by atoms with Crippen LogP contribution in [0, 0.1) is 17.7 Å². The number of rotatable bonds is 4. The molecule has 0 radical (unpaired) electrons. The van der Waals surface area contributed by atoms with Gasteiger partial charge in [0.05, 0.1) is 17.9 Å². The molecule has 0 aromatic carbocycles. The van der Waals surface area contributed by atoms with Gasteiger partial charge in [-0.15, -0.1) is 0 Å². The summed E-state index contributed by atoms with van der Waals surface area (Å²) in [7, 11) is 0. The van der Waals surface area contributed by atoms with E-state index < -0.39 is 11.8 Å². The second kappa shape index (κ2) is 6.91. The molecule has 4 aromatic rings. The number of aromatic nitrogens is 6. The van der Waals surface area contributed by atoms with Crippen LogP contribution in [0.25, 0.3) is 22.3 Å². The maximum atomic E-state index is 13.5.